The Morgan fingerprint density at radius 3 is 1.04 bits per heavy atom. The normalized spacial score (nSPS) is 11.7. The predicted octanol–water partition coefficient (Wildman–Crippen LogP) is 5.98. The maximum Gasteiger partial charge on any atom is 0.0661 e. The number of hydrogen-bond acceptors (Lipinski definition) is 0. The third-order valence-corrected chi connectivity index (χ3v) is 6.59. The second kappa shape index (κ2) is 7.68. The first-order valence-electron chi connectivity index (χ1n) is 8.89. The topological polar surface area (TPSA) is 0 Å². The quantitative estimate of drug-likeness (QED) is 0.306. The molecule has 1 atom stereocenters. The summed E-state index contributed by atoms with van der Waals surface area (Å²) < 4.78 is 0. The monoisotopic (exact) mass is 352 g/mol. The van der Waals surface area contributed by atoms with Crippen LogP contribution in [0.15, 0.2) is 121 Å². The highest BCUT2D eigenvalue weighted by Crippen LogP contribution is 2.51. The van der Waals surface area contributed by atoms with Crippen LogP contribution in [0.25, 0.3) is 0 Å². The molecule has 0 saturated carbocycles. The molecule has 0 heterocycles. The van der Waals surface area contributed by atoms with Gasteiger partial charge in [0.1, 0.15) is 0 Å². The molecule has 4 aromatic carbocycles. The molecular weight excluding hydrogens is 331 g/mol. The SMILES string of the molecule is c1ccc(PC(c2ccccc2)(c2ccccc2)c2ccccc2)cc1. The van der Waals surface area contributed by atoms with Crippen LogP contribution in [-0.2, 0) is 5.16 Å². The lowest BCUT2D eigenvalue weighted by Crippen LogP contribution is -2.26. The Kier molecular flexibility index (Phi) is 4.95. The Morgan fingerprint density at radius 2 is 0.692 bits per heavy atom. The first kappa shape index (κ1) is 16.8. The van der Waals surface area contributed by atoms with Crippen LogP contribution < -0.4 is 5.30 Å². The van der Waals surface area contributed by atoms with E-state index in [0.717, 1.165) is 0 Å². The molecule has 0 bridgehead atoms. The summed E-state index contributed by atoms with van der Waals surface area (Å²) in [5, 5.41) is 1.18. The highest BCUT2D eigenvalue weighted by Gasteiger charge is 2.36. The van der Waals surface area contributed by atoms with Crippen LogP contribution in [0.3, 0.4) is 0 Å². The van der Waals surface area contributed by atoms with Crippen molar-refractivity contribution in [3.8, 4) is 0 Å². The highest BCUT2D eigenvalue weighted by molar-refractivity contribution is 7.49. The van der Waals surface area contributed by atoms with Gasteiger partial charge in [-0.25, -0.2) is 0 Å². The fourth-order valence-corrected chi connectivity index (χ4v) is 5.24. The van der Waals surface area contributed by atoms with Crippen LogP contribution >= 0.6 is 8.58 Å². The molecule has 4 rings (SSSR count). The summed E-state index contributed by atoms with van der Waals surface area (Å²) in [7, 11) is 0.598. The summed E-state index contributed by atoms with van der Waals surface area (Å²) in [6.45, 7) is 0. The zero-order valence-corrected chi connectivity index (χ0v) is 15.5. The Morgan fingerprint density at radius 1 is 0.385 bits per heavy atom. The van der Waals surface area contributed by atoms with Gasteiger partial charge < -0.3 is 0 Å². The van der Waals surface area contributed by atoms with E-state index in [1.165, 1.54) is 22.0 Å². The van der Waals surface area contributed by atoms with Crippen LogP contribution in [0.2, 0.25) is 0 Å². The van der Waals surface area contributed by atoms with E-state index in [-0.39, 0.29) is 5.16 Å². The second-order valence-electron chi connectivity index (χ2n) is 6.34. The van der Waals surface area contributed by atoms with Gasteiger partial charge in [0.2, 0.25) is 0 Å². The van der Waals surface area contributed by atoms with Crippen LogP contribution in [0.4, 0.5) is 0 Å². The minimum absolute atomic E-state index is 0.189. The van der Waals surface area contributed by atoms with Crippen molar-refractivity contribution in [1.82, 2.24) is 0 Å². The zero-order valence-electron chi connectivity index (χ0n) is 14.5. The van der Waals surface area contributed by atoms with E-state index in [2.05, 4.69) is 121 Å². The maximum absolute atomic E-state index is 2.26. The number of hydrogen-bond donors (Lipinski definition) is 0. The Labute approximate surface area is 157 Å². The van der Waals surface area contributed by atoms with Gasteiger partial charge in [0.15, 0.2) is 0 Å². The van der Waals surface area contributed by atoms with Crippen LogP contribution in [0, 0.1) is 0 Å². The fraction of sp³-hybridized carbons (Fsp3) is 0.0400. The van der Waals surface area contributed by atoms with E-state index in [0.29, 0.717) is 8.58 Å². The smallest absolute Gasteiger partial charge is 0.0661 e. The molecule has 0 aliphatic rings. The molecule has 26 heavy (non-hydrogen) atoms. The van der Waals surface area contributed by atoms with Gasteiger partial charge in [-0.05, 0) is 22.0 Å². The van der Waals surface area contributed by atoms with E-state index in [9.17, 15) is 0 Å². The van der Waals surface area contributed by atoms with Crippen molar-refractivity contribution in [3.05, 3.63) is 138 Å². The molecule has 0 spiro atoms. The Bertz CT molecular complexity index is 836. The van der Waals surface area contributed by atoms with Crippen molar-refractivity contribution in [3.63, 3.8) is 0 Å². The molecule has 0 aliphatic heterocycles. The van der Waals surface area contributed by atoms with Crippen molar-refractivity contribution in [2.75, 3.05) is 0 Å². The Balaban J connectivity index is 2.00. The molecule has 1 unspecified atom stereocenters. The molecule has 0 aromatic heterocycles. The van der Waals surface area contributed by atoms with Crippen molar-refractivity contribution in [1.29, 1.82) is 0 Å². The van der Waals surface area contributed by atoms with Gasteiger partial charge in [-0.2, -0.15) is 0 Å². The average Bonchev–Trinajstić information content (AvgIpc) is 2.75. The summed E-state index contributed by atoms with van der Waals surface area (Å²) in [6, 6.07) is 43.5. The summed E-state index contributed by atoms with van der Waals surface area (Å²) in [4.78, 5) is 0. The lowest BCUT2D eigenvalue weighted by atomic mass is 9.84. The molecule has 0 fully saturated rings. The van der Waals surface area contributed by atoms with Gasteiger partial charge in [-0.1, -0.05) is 130 Å². The molecule has 0 N–H and O–H groups in total. The lowest BCUT2D eigenvalue weighted by molar-refractivity contribution is 0.891. The van der Waals surface area contributed by atoms with Crippen molar-refractivity contribution in [2.24, 2.45) is 0 Å². The third kappa shape index (κ3) is 3.21. The molecule has 0 amide bonds. The minimum Gasteiger partial charge on any atom is -0.0700 e. The molecular formula is C25H21P. The molecule has 4 aromatic rings. The van der Waals surface area contributed by atoms with Gasteiger partial charge in [0.25, 0.3) is 0 Å². The van der Waals surface area contributed by atoms with Crippen LogP contribution in [0.1, 0.15) is 16.7 Å². The van der Waals surface area contributed by atoms with Crippen molar-refractivity contribution < 1.29 is 0 Å². The predicted molar refractivity (Wildman–Crippen MR) is 114 cm³/mol. The molecule has 126 valence electrons. The summed E-state index contributed by atoms with van der Waals surface area (Å²) in [5.41, 5.74) is 4.00. The average molecular weight is 352 g/mol. The van der Waals surface area contributed by atoms with Gasteiger partial charge in [-0.15, -0.1) is 0 Å². The minimum atomic E-state index is -0.189. The van der Waals surface area contributed by atoms with E-state index in [1.807, 2.05) is 0 Å². The van der Waals surface area contributed by atoms with Gasteiger partial charge in [-0.3, -0.25) is 0 Å². The molecule has 1 heteroatoms. The number of rotatable bonds is 5. The second-order valence-corrected chi connectivity index (χ2v) is 7.92. The lowest BCUT2D eigenvalue weighted by Gasteiger charge is -2.36. The van der Waals surface area contributed by atoms with Gasteiger partial charge in [0.05, 0.1) is 5.16 Å². The van der Waals surface area contributed by atoms with Crippen molar-refractivity contribution in [2.45, 2.75) is 5.16 Å². The third-order valence-electron chi connectivity index (χ3n) is 4.73. The van der Waals surface area contributed by atoms with E-state index >= 15 is 0 Å². The molecule has 0 aliphatic carbocycles. The first-order chi connectivity index (χ1) is 12.9. The van der Waals surface area contributed by atoms with Gasteiger partial charge in [0, 0.05) is 0 Å². The van der Waals surface area contributed by atoms with E-state index in [4.69, 9.17) is 0 Å². The molecule has 0 radical (unpaired) electrons. The van der Waals surface area contributed by atoms with Gasteiger partial charge >= 0.3 is 0 Å². The highest BCUT2D eigenvalue weighted by atomic mass is 31.1. The maximum atomic E-state index is 2.26. The standard InChI is InChI=1S/C25H21P/c1-5-13-21(14-6-1)25(22-15-7-2-8-16-22,23-17-9-3-10-18-23)26-24-19-11-4-12-20-24/h1-20,26H. The number of benzene rings is 4. The summed E-state index contributed by atoms with van der Waals surface area (Å²) in [5.74, 6) is 0. The Hall–Kier alpha value is -2.69. The van der Waals surface area contributed by atoms with Crippen LogP contribution in [0.5, 0.6) is 0 Å². The largest absolute Gasteiger partial charge is 0.0700 e. The summed E-state index contributed by atoms with van der Waals surface area (Å²) >= 11 is 0. The molecule has 0 nitrogen and oxygen atoms in total. The zero-order chi connectivity index (χ0) is 17.7. The van der Waals surface area contributed by atoms with E-state index in [1.54, 1.807) is 0 Å². The fourth-order valence-electron chi connectivity index (χ4n) is 3.52. The first-order valence-corrected chi connectivity index (χ1v) is 9.89. The summed E-state index contributed by atoms with van der Waals surface area (Å²) in [6.07, 6.45) is 0. The van der Waals surface area contributed by atoms with Crippen LogP contribution in [-0.4, -0.2) is 0 Å². The van der Waals surface area contributed by atoms with Crippen molar-refractivity contribution >= 4 is 13.9 Å². The molecule has 0 saturated heterocycles. The van der Waals surface area contributed by atoms with E-state index < -0.39 is 0 Å².